The highest BCUT2D eigenvalue weighted by Crippen LogP contribution is 2.51. The lowest BCUT2D eigenvalue weighted by Gasteiger charge is -2.44. The first-order chi connectivity index (χ1) is 13.2. The number of fused-ring (bicyclic) bond motifs is 1. The molecule has 1 fully saturated rings. The first kappa shape index (κ1) is 15.7. The normalized spacial score (nSPS) is 21.9. The van der Waals surface area contributed by atoms with E-state index >= 15 is 0 Å². The zero-order chi connectivity index (χ0) is 18.4. The van der Waals surface area contributed by atoms with E-state index in [-0.39, 0.29) is 11.5 Å². The van der Waals surface area contributed by atoms with Crippen LogP contribution in [0.25, 0.3) is 22.3 Å². The van der Waals surface area contributed by atoms with Crippen molar-refractivity contribution >= 4 is 11.0 Å². The lowest BCUT2D eigenvalue weighted by atomic mass is 9.66. The summed E-state index contributed by atoms with van der Waals surface area (Å²) >= 11 is 0. The number of nitrogens with zero attached hydrogens (tertiary/aromatic N) is 7. The third-order valence-electron chi connectivity index (χ3n) is 5.25. The van der Waals surface area contributed by atoms with Gasteiger partial charge in [0.2, 0.25) is 5.89 Å². The molecular formula is C18H16N8O. The molecule has 0 saturated heterocycles. The van der Waals surface area contributed by atoms with Crippen molar-refractivity contribution in [2.45, 2.75) is 37.6 Å². The molecule has 0 amide bonds. The smallest absolute Gasteiger partial charge is 0.229 e. The molecule has 1 N–H and O–H groups in total. The van der Waals surface area contributed by atoms with Gasteiger partial charge in [-0.25, -0.2) is 9.97 Å². The number of H-pyrrole nitrogens is 1. The fourth-order valence-corrected chi connectivity index (χ4v) is 3.88. The van der Waals surface area contributed by atoms with Crippen LogP contribution < -0.4 is 0 Å². The minimum Gasteiger partial charge on any atom is -0.346 e. The quantitative estimate of drug-likeness (QED) is 0.593. The Hall–Kier alpha value is -3.54. The zero-order valence-corrected chi connectivity index (χ0v) is 14.6. The molecule has 1 aliphatic carbocycles. The Morgan fingerprint density at radius 3 is 3.07 bits per heavy atom. The molecule has 9 nitrogen and oxygen atoms in total. The van der Waals surface area contributed by atoms with Gasteiger partial charge in [-0.05, 0) is 25.8 Å². The predicted molar refractivity (Wildman–Crippen MR) is 94.3 cm³/mol. The predicted octanol–water partition coefficient (Wildman–Crippen LogP) is 2.70. The highest BCUT2D eigenvalue weighted by atomic mass is 16.5. The molecule has 1 saturated carbocycles. The third-order valence-corrected chi connectivity index (χ3v) is 5.25. The third kappa shape index (κ3) is 2.41. The second-order valence-corrected chi connectivity index (χ2v) is 6.98. The molecule has 9 heteroatoms. The number of rotatable bonds is 4. The molecule has 4 heterocycles. The van der Waals surface area contributed by atoms with Crippen LogP contribution in [-0.4, -0.2) is 34.9 Å². The maximum Gasteiger partial charge on any atom is 0.229 e. The Bertz CT molecular complexity index is 1160. The Labute approximate surface area is 154 Å². The van der Waals surface area contributed by atoms with Gasteiger partial charge in [0, 0.05) is 29.3 Å². The summed E-state index contributed by atoms with van der Waals surface area (Å²) in [4.78, 5) is 16.1. The maximum absolute atomic E-state index is 9.36. The van der Waals surface area contributed by atoms with Gasteiger partial charge in [-0.2, -0.15) is 15.3 Å². The number of hydrogen-bond acceptors (Lipinski definition) is 7. The van der Waals surface area contributed by atoms with Crippen molar-refractivity contribution in [1.82, 2.24) is 34.9 Å². The average Bonchev–Trinajstić information content (AvgIpc) is 3.37. The van der Waals surface area contributed by atoms with Gasteiger partial charge in [0.15, 0.2) is 5.82 Å². The van der Waals surface area contributed by atoms with Crippen LogP contribution in [0.15, 0.2) is 35.5 Å². The summed E-state index contributed by atoms with van der Waals surface area (Å²) in [6.45, 7) is 1.80. The summed E-state index contributed by atoms with van der Waals surface area (Å²) in [6.07, 6.45) is 8.99. The van der Waals surface area contributed by atoms with Crippen LogP contribution in [0, 0.1) is 18.3 Å². The molecule has 0 spiro atoms. The van der Waals surface area contributed by atoms with Gasteiger partial charge < -0.3 is 9.51 Å². The second kappa shape index (κ2) is 5.74. The number of aryl methyl sites for hydroxylation is 1. The molecule has 0 bridgehead atoms. The van der Waals surface area contributed by atoms with Crippen LogP contribution in [0.2, 0.25) is 0 Å². The van der Waals surface area contributed by atoms with E-state index in [4.69, 9.17) is 4.52 Å². The summed E-state index contributed by atoms with van der Waals surface area (Å²) in [5.74, 6) is 1.42. The van der Waals surface area contributed by atoms with E-state index in [1.54, 1.807) is 13.1 Å². The van der Waals surface area contributed by atoms with Gasteiger partial charge in [0.1, 0.15) is 12.0 Å². The second-order valence-electron chi connectivity index (χ2n) is 6.98. The van der Waals surface area contributed by atoms with E-state index in [0.29, 0.717) is 18.1 Å². The summed E-state index contributed by atoms with van der Waals surface area (Å²) in [7, 11) is 0. The molecule has 5 rings (SSSR count). The summed E-state index contributed by atoms with van der Waals surface area (Å²) in [5.41, 5.74) is 2.15. The van der Waals surface area contributed by atoms with Gasteiger partial charge in [0.25, 0.3) is 0 Å². The van der Waals surface area contributed by atoms with Gasteiger partial charge in [0.05, 0.1) is 29.9 Å². The van der Waals surface area contributed by atoms with Crippen molar-refractivity contribution in [2.24, 2.45) is 0 Å². The van der Waals surface area contributed by atoms with Crippen LogP contribution in [0.4, 0.5) is 0 Å². The summed E-state index contributed by atoms with van der Waals surface area (Å²) < 4.78 is 7.19. The molecule has 0 radical (unpaired) electrons. The molecule has 4 aromatic rings. The molecule has 0 atom stereocenters. The SMILES string of the molecule is Cc1noc(C2CC(CC#N)(n3cc(-c4ncnc5[nH]ccc45)cn3)C2)n1. The van der Waals surface area contributed by atoms with E-state index in [1.165, 1.54) is 6.33 Å². The maximum atomic E-state index is 9.36. The molecule has 0 unspecified atom stereocenters. The number of aromatic amines is 1. The molecule has 134 valence electrons. The molecular weight excluding hydrogens is 344 g/mol. The lowest BCUT2D eigenvalue weighted by Crippen LogP contribution is -2.45. The summed E-state index contributed by atoms with van der Waals surface area (Å²) in [6, 6.07) is 4.25. The fraction of sp³-hybridized carbons (Fsp3) is 0.333. The number of aromatic nitrogens is 7. The number of nitrogens with one attached hydrogen (secondary N) is 1. The monoisotopic (exact) mass is 360 g/mol. The van der Waals surface area contributed by atoms with Crippen LogP contribution in [0.1, 0.15) is 36.9 Å². The van der Waals surface area contributed by atoms with Crippen molar-refractivity contribution in [1.29, 1.82) is 5.26 Å². The Morgan fingerprint density at radius 2 is 2.30 bits per heavy atom. The molecule has 27 heavy (non-hydrogen) atoms. The highest BCUT2D eigenvalue weighted by Gasteiger charge is 2.49. The number of nitriles is 1. The van der Waals surface area contributed by atoms with Gasteiger partial charge in [-0.3, -0.25) is 4.68 Å². The lowest BCUT2D eigenvalue weighted by molar-refractivity contribution is 0.0823. The number of hydrogen-bond donors (Lipinski definition) is 1. The van der Waals surface area contributed by atoms with E-state index in [2.05, 4.69) is 36.3 Å². The minimum absolute atomic E-state index is 0.155. The van der Waals surface area contributed by atoms with E-state index in [0.717, 1.165) is 35.1 Å². The van der Waals surface area contributed by atoms with Crippen LogP contribution in [-0.2, 0) is 5.54 Å². The average molecular weight is 360 g/mol. The minimum atomic E-state index is -0.357. The topological polar surface area (TPSA) is 122 Å². The van der Waals surface area contributed by atoms with E-state index in [9.17, 15) is 5.26 Å². The van der Waals surface area contributed by atoms with E-state index < -0.39 is 0 Å². The Kier molecular flexibility index (Phi) is 3.33. The van der Waals surface area contributed by atoms with Crippen LogP contribution in [0.5, 0.6) is 0 Å². The van der Waals surface area contributed by atoms with Crippen LogP contribution in [0.3, 0.4) is 0 Å². The molecule has 0 aromatic carbocycles. The van der Waals surface area contributed by atoms with Crippen LogP contribution >= 0.6 is 0 Å². The van der Waals surface area contributed by atoms with Crippen molar-refractivity contribution in [3.05, 3.63) is 42.7 Å². The van der Waals surface area contributed by atoms with Crippen molar-refractivity contribution in [3.8, 4) is 17.3 Å². The summed E-state index contributed by atoms with van der Waals surface area (Å²) in [5, 5.41) is 18.7. The molecule has 4 aromatic heterocycles. The Balaban J connectivity index is 1.47. The van der Waals surface area contributed by atoms with Gasteiger partial charge in [-0.15, -0.1) is 0 Å². The largest absolute Gasteiger partial charge is 0.346 e. The zero-order valence-electron chi connectivity index (χ0n) is 14.6. The highest BCUT2D eigenvalue weighted by molar-refractivity contribution is 5.89. The molecule has 0 aliphatic heterocycles. The van der Waals surface area contributed by atoms with E-state index in [1.807, 2.05) is 23.1 Å². The van der Waals surface area contributed by atoms with Crippen molar-refractivity contribution in [2.75, 3.05) is 0 Å². The van der Waals surface area contributed by atoms with Crippen molar-refractivity contribution < 1.29 is 4.52 Å². The Morgan fingerprint density at radius 1 is 1.41 bits per heavy atom. The standard InChI is InChI=1S/C18H16N8O/c1-11-24-17(27-25-11)12-6-18(7-12,3-4-19)26-9-13(8-23-26)15-14-2-5-20-16(14)22-10-21-15/h2,5,8-10,12H,3,6-7H2,1H3,(H,20,21,22). The first-order valence-corrected chi connectivity index (χ1v) is 8.69. The van der Waals surface area contributed by atoms with Crippen molar-refractivity contribution in [3.63, 3.8) is 0 Å². The first-order valence-electron chi connectivity index (χ1n) is 8.69. The van der Waals surface area contributed by atoms with Gasteiger partial charge in [-0.1, -0.05) is 5.16 Å². The molecule has 1 aliphatic rings. The fourth-order valence-electron chi connectivity index (χ4n) is 3.88. The van der Waals surface area contributed by atoms with Gasteiger partial charge >= 0.3 is 0 Å².